The van der Waals surface area contributed by atoms with E-state index in [1.54, 1.807) is 11.6 Å². The van der Waals surface area contributed by atoms with Crippen molar-refractivity contribution in [3.05, 3.63) is 47.8 Å². The highest BCUT2D eigenvalue weighted by atomic mass is 19.1. The van der Waals surface area contributed by atoms with Crippen molar-refractivity contribution in [2.24, 2.45) is 7.05 Å². The van der Waals surface area contributed by atoms with Crippen LogP contribution in [0.15, 0.2) is 30.7 Å². The van der Waals surface area contributed by atoms with E-state index >= 15 is 0 Å². The zero-order chi connectivity index (χ0) is 14.0. The van der Waals surface area contributed by atoms with Crippen LogP contribution in [0.1, 0.15) is 20.8 Å². The van der Waals surface area contributed by atoms with E-state index in [-0.39, 0.29) is 16.9 Å². The Morgan fingerprint density at radius 1 is 1.42 bits per heavy atom. The lowest BCUT2D eigenvalue weighted by Gasteiger charge is -2.05. The van der Waals surface area contributed by atoms with E-state index in [0.717, 1.165) is 6.07 Å². The molecule has 1 aromatic carbocycles. The lowest BCUT2D eigenvalue weighted by molar-refractivity contribution is 0.0696. The van der Waals surface area contributed by atoms with Crippen LogP contribution in [0.5, 0.6) is 0 Å². The molecule has 7 heteroatoms. The van der Waals surface area contributed by atoms with Gasteiger partial charge in [-0.15, -0.1) is 0 Å². The number of carbonyl (C=O) groups is 2. The Balaban J connectivity index is 2.20. The second-order valence-corrected chi connectivity index (χ2v) is 3.88. The Labute approximate surface area is 107 Å². The van der Waals surface area contributed by atoms with E-state index in [4.69, 9.17) is 5.11 Å². The van der Waals surface area contributed by atoms with Crippen LogP contribution in [0.4, 0.5) is 10.1 Å². The molecule has 2 N–H and O–H groups in total. The monoisotopic (exact) mass is 263 g/mol. The number of hydrogen-bond donors (Lipinski definition) is 2. The fourth-order valence-corrected chi connectivity index (χ4v) is 1.47. The second kappa shape index (κ2) is 4.89. The van der Waals surface area contributed by atoms with Crippen molar-refractivity contribution in [3.8, 4) is 0 Å². The molecule has 0 aliphatic carbocycles. The number of halogens is 1. The van der Waals surface area contributed by atoms with Gasteiger partial charge in [0.1, 0.15) is 11.5 Å². The molecule has 0 saturated carbocycles. The lowest BCUT2D eigenvalue weighted by atomic mass is 10.2. The first kappa shape index (κ1) is 12.7. The summed E-state index contributed by atoms with van der Waals surface area (Å²) in [4.78, 5) is 26.2. The van der Waals surface area contributed by atoms with Crippen LogP contribution in [0.25, 0.3) is 0 Å². The zero-order valence-electron chi connectivity index (χ0n) is 9.92. The largest absolute Gasteiger partial charge is 0.478 e. The Hall–Kier alpha value is -2.70. The maximum atomic E-state index is 13.6. The van der Waals surface area contributed by atoms with Crippen LogP contribution in [-0.2, 0) is 7.05 Å². The summed E-state index contributed by atoms with van der Waals surface area (Å²) in [5, 5.41) is 11.0. The molecular formula is C12H10FN3O3. The van der Waals surface area contributed by atoms with E-state index in [0.29, 0.717) is 0 Å². The molecule has 1 heterocycles. The molecule has 2 aromatic rings. The van der Waals surface area contributed by atoms with Gasteiger partial charge in [0.05, 0.1) is 17.6 Å². The number of rotatable bonds is 3. The molecule has 0 aliphatic heterocycles. The van der Waals surface area contributed by atoms with Crippen molar-refractivity contribution < 1.29 is 19.1 Å². The SMILES string of the molecule is Cn1cnc(C(=O)Nc2ccc(C(=O)O)cc2F)c1. The van der Waals surface area contributed by atoms with Crippen LogP contribution < -0.4 is 5.32 Å². The van der Waals surface area contributed by atoms with Gasteiger partial charge in [-0.2, -0.15) is 0 Å². The molecule has 0 bridgehead atoms. The number of carboxylic acid groups (broad SMARTS) is 1. The molecule has 19 heavy (non-hydrogen) atoms. The van der Waals surface area contributed by atoms with Gasteiger partial charge >= 0.3 is 5.97 Å². The number of anilines is 1. The molecule has 0 saturated heterocycles. The van der Waals surface area contributed by atoms with Gasteiger partial charge in [0.2, 0.25) is 0 Å². The summed E-state index contributed by atoms with van der Waals surface area (Å²) < 4.78 is 15.2. The Morgan fingerprint density at radius 3 is 2.68 bits per heavy atom. The van der Waals surface area contributed by atoms with Gasteiger partial charge in [0.15, 0.2) is 0 Å². The van der Waals surface area contributed by atoms with Crippen molar-refractivity contribution in [3.63, 3.8) is 0 Å². The molecule has 0 spiro atoms. The quantitative estimate of drug-likeness (QED) is 0.879. The highest BCUT2D eigenvalue weighted by molar-refractivity contribution is 6.03. The van der Waals surface area contributed by atoms with Gasteiger partial charge in [-0.25, -0.2) is 14.2 Å². The number of aromatic carboxylic acids is 1. The minimum absolute atomic E-state index is 0.0966. The van der Waals surface area contributed by atoms with E-state index < -0.39 is 17.7 Å². The number of benzene rings is 1. The van der Waals surface area contributed by atoms with Gasteiger partial charge in [-0.05, 0) is 18.2 Å². The van der Waals surface area contributed by atoms with Crippen LogP contribution in [0.3, 0.4) is 0 Å². The first-order chi connectivity index (χ1) is 8.97. The number of nitrogens with one attached hydrogen (secondary N) is 1. The first-order valence-corrected chi connectivity index (χ1v) is 5.29. The number of nitrogens with zero attached hydrogens (tertiary/aromatic N) is 2. The van der Waals surface area contributed by atoms with Gasteiger partial charge in [-0.3, -0.25) is 4.79 Å². The minimum Gasteiger partial charge on any atom is -0.478 e. The molecule has 0 atom stereocenters. The van der Waals surface area contributed by atoms with Crippen molar-refractivity contribution in [2.75, 3.05) is 5.32 Å². The average molecular weight is 263 g/mol. The van der Waals surface area contributed by atoms with Crippen molar-refractivity contribution in [2.45, 2.75) is 0 Å². The first-order valence-electron chi connectivity index (χ1n) is 5.29. The molecule has 0 radical (unpaired) electrons. The third-order valence-corrected chi connectivity index (χ3v) is 2.40. The summed E-state index contributed by atoms with van der Waals surface area (Å²) in [5.74, 6) is -2.62. The van der Waals surface area contributed by atoms with Gasteiger partial charge < -0.3 is 15.0 Å². The summed E-state index contributed by atoms with van der Waals surface area (Å²) in [5.41, 5.74) is -0.141. The van der Waals surface area contributed by atoms with Crippen LogP contribution in [0.2, 0.25) is 0 Å². The zero-order valence-corrected chi connectivity index (χ0v) is 9.92. The molecule has 1 amide bonds. The second-order valence-electron chi connectivity index (χ2n) is 3.88. The van der Waals surface area contributed by atoms with Gasteiger partial charge in [0.25, 0.3) is 5.91 Å². The molecule has 0 unspecified atom stereocenters. The molecule has 98 valence electrons. The third kappa shape index (κ3) is 2.76. The summed E-state index contributed by atoms with van der Waals surface area (Å²) in [6.45, 7) is 0. The van der Waals surface area contributed by atoms with E-state index in [1.807, 2.05) is 0 Å². The maximum Gasteiger partial charge on any atom is 0.335 e. The topological polar surface area (TPSA) is 84.2 Å². The van der Waals surface area contributed by atoms with E-state index in [9.17, 15) is 14.0 Å². The number of carboxylic acids is 1. The number of aromatic nitrogens is 2. The Bertz CT molecular complexity index is 651. The van der Waals surface area contributed by atoms with Crippen molar-refractivity contribution in [1.29, 1.82) is 0 Å². The number of imidazole rings is 1. The van der Waals surface area contributed by atoms with E-state index in [2.05, 4.69) is 10.3 Å². The molecular weight excluding hydrogens is 253 g/mol. The molecule has 0 fully saturated rings. The molecule has 0 aliphatic rings. The molecule has 2 rings (SSSR count). The number of amides is 1. The van der Waals surface area contributed by atoms with Crippen LogP contribution >= 0.6 is 0 Å². The molecule has 1 aromatic heterocycles. The summed E-state index contributed by atoms with van der Waals surface area (Å²) in [7, 11) is 1.70. The Morgan fingerprint density at radius 2 is 2.16 bits per heavy atom. The van der Waals surface area contributed by atoms with E-state index in [1.165, 1.54) is 24.7 Å². The lowest BCUT2D eigenvalue weighted by Crippen LogP contribution is -2.13. The Kier molecular flexibility index (Phi) is 3.28. The summed E-state index contributed by atoms with van der Waals surface area (Å²) in [6, 6.07) is 3.25. The highest BCUT2D eigenvalue weighted by Crippen LogP contribution is 2.16. The van der Waals surface area contributed by atoms with Gasteiger partial charge in [-0.1, -0.05) is 0 Å². The average Bonchev–Trinajstić information content (AvgIpc) is 2.78. The maximum absolute atomic E-state index is 13.6. The summed E-state index contributed by atoms with van der Waals surface area (Å²) in [6.07, 6.45) is 2.93. The van der Waals surface area contributed by atoms with Crippen LogP contribution in [0, 0.1) is 5.82 Å². The third-order valence-electron chi connectivity index (χ3n) is 2.40. The highest BCUT2D eigenvalue weighted by Gasteiger charge is 2.13. The number of aryl methyl sites for hydroxylation is 1. The van der Waals surface area contributed by atoms with Gasteiger partial charge in [0, 0.05) is 13.2 Å². The normalized spacial score (nSPS) is 10.2. The predicted molar refractivity (Wildman–Crippen MR) is 64.5 cm³/mol. The standard InChI is InChI=1S/C12H10FN3O3/c1-16-5-10(14-6-16)11(17)15-9-3-2-7(12(18)19)4-8(9)13/h2-6H,1H3,(H,15,17)(H,18,19). The number of hydrogen-bond acceptors (Lipinski definition) is 3. The fraction of sp³-hybridized carbons (Fsp3) is 0.0833. The van der Waals surface area contributed by atoms with Crippen molar-refractivity contribution >= 4 is 17.6 Å². The predicted octanol–water partition coefficient (Wildman–Crippen LogP) is 1.51. The smallest absolute Gasteiger partial charge is 0.335 e. The van der Waals surface area contributed by atoms with Crippen molar-refractivity contribution in [1.82, 2.24) is 9.55 Å². The van der Waals surface area contributed by atoms with Crippen LogP contribution in [-0.4, -0.2) is 26.5 Å². The minimum atomic E-state index is -1.23. The number of carbonyl (C=O) groups excluding carboxylic acids is 1. The summed E-state index contributed by atoms with van der Waals surface area (Å²) >= 11 is 0. The molecule has 6 nitrogen and oxygen atoms in total. The fourth-order valence-electron chi connectivity index (χ4n) is 1.47.